The first-order valence-electron chi connectivity index (χ1n) is 17.7. The third-order valence-electron chi connectivity index (χ3n) is 8.19. The molecule has 1 aromatic heterocycles. The maximum absolute atomic E-state index is 12.0. The van der Waals surface area contributed by atoms with Gasteiger partial charge in [0.1, 0.15) is 11.9 Å². The largest absolute Gasteiger partial charge is 0.480 e. The Kier molecular flexibility index (Phi) is 30.2. The van der Waals surface area contributed by atoms with E-state index in [1.807, 2.05) is 19.1 Å². The molecule has 0 aromatic carbocycles. The van der Waals surface area contributed by atoms with Gasteiger partial charge in [-0.05, 0) is 76.7 Å². The van der Waals surface area contributed by atoms with Crippen molar-refractivity contribution in [3.63, 3.8) is 0 Å². The van der Waals surface area contributed by atoms with E-state index in [2.05, 4.69) is 82.1 Å². The van der Waals surface area contributed by atoms with Gasteiger partial charge in [0.2, 0.25) is 0 Å². The van der Waals surface area contributed by atoms with E-state index in [1.54, 1.807) is 13.0 Å². The van der Waals surface area contributed by atoms with Gasteiger partial charge in [-0.15, -0.1) is 0 Å². The van der Waals surface area contributed by atoms with Gasteiger partial charge in [0.25, 0.3) is 0 Å². The molecule has 5 nitrogen and oxygen atoms in total. The fourth-order valence-corrected chi connectivity index (χ4v) is 5.20. The van der Waals surface area contributed by atoms with Crippen molar-refractivity contribution in [3.8, 4) is 0 Å². The normalized spacial score (nSPS) is 17.4. The fraction of sp³-hybridized carbons (Fsp3) is 0.718. The number of hydrogen-bond acceptors (Lipinski definition) is 4. The second-order valence-electron chi connectivity index (χ2n) is 12.9. The topological polar surface area (TPSA) is 66.3 Å². The van der Waals surface area contributed by atoms with Crippen molar-refractivity contribution in [2.75, 3.05) is 13.1 Å². The van der Waals surface area contributed by atoms with Gasteiger partial charge in [0.05, 0.1) is 12.4 Å². The summed E-state index contributed by atoms with van der Waals surface area (Å²) in [4.78, 5) is 20.7. The second kappa shape index (κ2) is 30.3. The lowest BCUT2D eigenvalue weighted by molar-refractivity contribution is -0.144. The van der Waals surface area contributed by atoms with Crippen LogP contribution in [0.1, 0.15) is 138 Å². The molecule has 0 radical (unpaired) electrons. The molecule has 3 atom stereocenters. The van der Waals surface area contributed by atoms with E-state index in [0.29, 0.717) is 11.7 Å². The van der Waals surface area contributed by atoms with E-state index in [0.717, 1.165) is 49.7 Å². The third kappa shape index (κ3) is 26.6. The van der Waals surface area contributed by atoms with E-state index in [9.17, 15) is 14.3 Å². The molecule has 0 bridgehead atoms. The van der Waals surface area contributed by atoms with Gasteiger partial charge in [0, 0.05) is 6.54 Å². The van der Waals surface area contributed by atoms with Crippen molar-refractivity contribution in [2.45, 2.75) is 145 Å². The summed E-state index contributed by atoms with van der Waals surface area (Å²) in [5.74, 6) is 2.81. The van der Waals surface area contributed by atoms with Crippen LogP contribution in [0.3, 0.4) is 0 Å². The van der Waals surface area contributed by atoms with Crippen LogP contribution in [0, 0.1) is 36.4 Å². The van der Waals surface area contributed by atoms with Crippen LogP contribution in [0.2, 0.25) is 0 Å². The van der Waals surface area contributed by atoms with Gasteiger partial charge in [0.15, 0.2) is 5.82 Å². The minimum absolute atomic E-state index is 0.207. The quantitative estimate of drug-likeness (QED) is 0.173. The monoisotopic (exact) mass is 632 g/mol. The van der Waals surface area contributed by atoms with Gasteiger partial charge in [-0.1, -0.05) is 130 Å². The molecule has 260 valence electrons. The lowest BCUT2D eigenvalue weighted by Gasteiger charge is -2.32. The molecule has 1 N–H and O–H groups in total. The number of carbonyl (C=O) groups is 1. The van der Waals surface area contributed by atoms with Crippen molar-refractivity contribution in [3.05, 3.63) is 61.0 Å². The lowest BCUT2D eigenvalue weighted by Crippen LogP contribution is -2.41. The molecule has 3 rings (SSSR count). The molecule has 1 saturated carbocycles. The molecule has 0 amide bonds. The molecule has 1 saturated heterocycles. The zero-order valence-electron chi connectivity index (χ0n) is 30.6. The van der Waals surface area contributed by atoms with Crippen molar-refractivity contribution in [2.24, 2.45) is 23.7 Å². The maximum atomic E-state index is 12.0. The average molecular weight is 632 g/mol. The number of rotatable bonds is 13. The van der Waals surface area contributed by atoms with Crippen LogP contribution in [0.5, 0.6) is 0 Å². The van der Waals surface area contributed by atoms with Crippen molar-refractivity contribution >= 4 is 5.97 Å². The number of aromatic nitrogens is 2. The maximum Gasteiger partial charge on any atom is 0.320 e. The summed E-state index contributed by atoms with van der Waals surface area (Å²) in [6.07, 6.45) is 27.3. The highest BCUT2D eigenvalue weighted by atomic mass is 19.1. The Morgan fingerprint density at radius 3 is 1.98 bits per heavy atom. The van der Waals surface area contributed by atoms with Crippen molar-refractivity contribution in [1.82, 2.24) is 14.9 Å². The van der Waals surface area contributed by atoms with Gasteiger partial charge in [-0.25, -0.2) is 14.4 Å². The highest BCUT2D eigenvalue weighted by Gasteiger charge is 2.34. The fourth-order valence-electron chi connectivity index (χ4n) is 5.20. The SMILES string of the molecule is C/C=C\CCC(C)CCC.C=C/C=C\C.CCC1CCN([C@H](CC2CCC2)C(=O)O)C1.CCCC(C)C.Cc1ncc(F)cn1. The molecule has 0 spiro atoms. The van der Waals surface area contributed by atoms with Crippen LogP contribution in [0.25, 0.3) is 0 Å². The summed E-state index contributed by atoms with van der Waals surface area (Å²) < 4.78 is 12.0. The number of likely N-dealkylation sites (tertiary alicyclic amines) is 1. The van der Waals surface area contributed by atoms with Crippen LogP contribution in [0.4, 0.5) is 4.39 Å². The van der Waals surface area contributed by atoms with E-state index in [1.165, 1.54) is 70.6 Å². The van der Waals surface area contributed by atoms with E-state index >= 15 is 0 Å². The van der Waals surface area contributed by atoms with Crippen LogP contribution in [-0.2, 0) is 4.79 Å². The predicted molar refractivity (Wildman–Crippen MR) is 193 cm³/mol. The summed E-state index contributed by atoms with van der Waals surface area (Å²) in [5, 5.41) is 9.32. The molecule has 2 fully saturated rings. The Morgan fingerprint density at radius 1 is 1.02 bits per heavy atom. The number of carboxylic acid groups (broad SMARTS) is 1. The highest BCUT2D eigenvalue weighted by Crippen LogP contribution is 2.33. The number of aliphatic carboxylic acids is 1. The number of nitrogens with zero attached hydrogens (tertiary/aromatic N) is 3. The highest BCUT2D eigenvalue weighted by molar-refractivity contribution is 5.73. The molecule has 2 unspecified atom stereocenters. The first kappa shape index (κ1) is 44.8. The zero-order chi connectivity index (χ0) is 34.5. The molecule has 2 heterocycles. The average Bonchev–Trinajstić information content (AvgIpc) is 3.45. The van der Waals surface area contributed by atoms with Crippen LogP contribution in [-0.4, -0.2) is 45.1 Å². The first-order valence-corrected chi connectivity index (χ1v) is 17.7. The molecule has 6 heteroatoms. The summed E-state index contributed by atoms with van der Waals surface area (Å²) in [6, 6.07) is -0.207. The molecular weight excluding hydrogens is 561 g/mol. The Morgan fingerprint density at radius 2 is 1.64 bits per heavy atom. The van der Waals surface area contributed by atoms with E-state index in [-0.39, 0.29) is 6.04 Å². The molecule has 2 aliphatic rings. The molecule has 45 heavy (non-hydrogen) atoms. The number of carboxylic acids is 1. The minimum Gasteiger partial charge on any atom is -0.480 e. The summed E-state index contributed by atoms with van der Waals surface area (Å²) in [5.41, 5.74) is 0. The minimum atomic E-state index is -0.608. The Hall–Kier alpha value is -2.34. The van der Waals surface area contributed by atoms with Gasteiger partial charge < -0.3 is 5.11 Å². The smallest absolute Gasteiger partial charge is 0.320 e. The molecule has 1 aromatic rings. The number of hydrogen-bond donors (Lipinski definition) is 1. The summed E-state index contributed by atoms with van der Waals surface area (Å²) >= 11 is 0. The first-order chi connectivity index (χ1) is 21.5. The summed E-state index contributed by atoms with van der Waals surface area (Å²) in [7, 11) is 0. The molecular formula is C39H70FN3O2. The summed E-state index contributed by atoms with van der Waals surface area (Å²) in [6.45, 7) is 24.7. The Bertz CT molecular complexity index is 860. The third-order valence-corrected chi connectivity index (χ3v) is 8.19. The predicted octanol–water partition coefficient (Wildman–Crippen LogP) is 11.3. The number of halogens is 1. The van der Waals surface area contributed by atoms with Gasteiger partial charge in [-0.3, -0.25) is 9.69 Å². The molecule has 1 aliphatic carbocycles. The zero-order valence-corrected chi connectivity index (χ0v) is 30.6. The lowest BCUT2D eigenvalue weighted by atomic mass is 9.80. The van der Waals surface area contributed by atoms with E-state index in [4.69, 9.17) is 0 Å². The van der Waals surface area contributed by atoms with Gasteiger partial charge >= 0.3 is 5.97 Å². The van der Waals surface area contributed by atoms with E-state index < -0.39 is 11.8 Å². The van der Waals surface area contributed by atoms with Gasteiger partial charge in [-0.2, -0.15) is 0 Å². The Labute approximate surface area is 277 Å². The van der Waals surface area contributed by atoms with Crippen LogP contribution < -0.4 is 0 Å². The van der Waals surface area contributed by atoms with Crippen molar-refractivity contribution < 1.29 is 14.3 Å². The number of allylic oxidation sites excluding steroid dienone is 5. The van der Waals surface area contributed by atoms with Crippen molar-refractivity contribution in [1.29, 1.82) is 0 Å². The Balaban J connectivity index is 0. The molecule has 1 aliphatic heterocycles. The standard InChI is InChI=1S/C13H23NO2.C10H20.C6H14.C5H5FN2.C5H8/c1-2-10-6-7-14(9-10)12(13(15)16)8-11-4-3-5-11;1-4-6-7-9-10(3)8-5-2;1-4-5-6(2)3;1-4-7-2-5(6)3-8-4;1-3-5-4-2/h10-12H,2-9H2,1H3,(H,15,16);4,6,10H,5,7-9H2,1-3H3;6H,4-5H2,1-3H3;2-3H,1H3;3-5H,1H2,2H3/b;6-4-;;;5-4-/t10?,12-;;;;/m1..../s1. The number of aryl methyl sites for hydroxylation is 1. The van der Waals surface area contributed by atoms with Crippen LogP contribution in [0.15, 0.2) is 49.4 Å². The van der Waals surface area contributed by atoms with Crippen LogP contribution >= 0.6 is 0 Å². The second-order valence-corrected chi connectivity index (χ2v) is 12.9.